The van der Waals surface area contributed by atoms with Gasteiger partial charge in [0.1, 0.15) is 5.75 Å². The highest BCUT2D eigenvalue weighted by atomic mass is 79.9. The maximum Gasteiger partial charge on any atom is 0.119 e. The second-order valence-corrected chi connectivity index (χ2v) is 11.8. The van der Waals surface area contributed by atoms with Gasteiger partial charge in [-0.3, -0.25) is 4.99 Å². The molecule has 4 rings (SSSR count). The third-order valence-electron chi connectivity index (χ3n) is 7.45. The van der Waals surface area contributed by atoms with Crippen molar-refractivity contribution in [1.29, 1.82) is 0 Å². The van der Waals surface area contributed by atoms with Crippen LogP contribution in [0.15, 0.2) is 48.7 Å². The third-order valence-corrected chi connectivity index (χ3v) is 10.6. The van der Waals surface area contributed by atoms with E-state index in [1.54, 1.807) is 12.7 Å². The zero-order valence-electron chi connectivity index (χ0n) is 18.4. The van der Waals surface area contributed by atoms with E-state index in [1.165, 1.54) is 37.7 Å². The van der Waals surface area contributed by atoms with E-state index in [0.717, 1.165) is 37.2 Å². The number of methoxy groups -OCH3 is 1. The normalized spacial score (nSPS) is 27.7. The summed E-state index contributed by atoms with van der Waals surface area (Å²) in [5.74, 6) is 3.05. The number of ether oxygens (including phenoxy) is 1. The number of hydrogen-bond acceptors (Lipinski definition) is 2. The standard InChI is InChI=1S/C26H30Br3NO/c1-4-5-22-21-8-6-16-12-18(31-3)7-9-19(16)20(21)10-11-26(22,2)15-30-17-13-23(27)25(29)24(28)14-17/h7,9,12-15,20-22H,4-6,8,10-11H2,1-3H3/t20-,21-,22+,26-/m1/s1. The molecule has 0 aromatic heterocycles. The smallest absolute Gasteiger partial charge is 0.119 e. The molecule has 2 nitrogen and oxygen atoms in total. The molecule has 2 aliphatic rings. The highest BCUT2D eigenvalue weighted by Gasteiger charge is 2.47. The SMILES string of the molecule is CCC[C@H]1[C@@H]2CCc3cc(OC)ccc3[C@H]2CC[C@]1(C)C=Nc1cc(Br)c(Br)c(Br)c1. The van der Waals surface area contributed by atoms with E-state index in [-0.39, 0.29) is 5.41 Å². The Morgan fingerprint density at radius 3 is 2.55 bits per heavy atom. The van der Waals surface area contributed by atoms with Gasteiger partial charge in [0.2, 0.25) is 0 Å². The van der Waals surface area contributed by atoms with E-state index in [9.17, 15) is 0 Å². The molecular weight excluding hydrogens is 582 g/mol. The Kier molecular flexibility index (Phi) is 7.34. The van der Waals surface area contributed by atoms with Crippen LogP contribution in [0.3, 0.4) is 0 Å². The average Bonchev–Trinajstić information content (AvgIpc) is 2.77. The van der Waals surface area contributed by atoms with Crippen molar-refractivity contribution in [3.05, 3.63) is 54.9 Å². The minimum absolute atomic E-state index is 0.132. The molecule has 0 bridgehead atoms. The average molecular weight is 612 g/mol. The number of aliphatic imine (C=N–C) groups is 1. The zero-order valence-corrected chi connectivity index (χ0v) is 23.2. The summed E-state index contributed by atoms with van der Waals surface area (Å²) in [4.78, 5) is 4.98. The van der Waals surface area contributed by atoms with Crippen LogP contribution in [0.5, 0.6) is 5.75 Å². The van der Waals surface area contributed by atoms with Gasteiger partial charge in [0.15, 0.2) is 0 Å². The molecular formula is C26H30Br3NO. The zero-order chi connectivity index (χ0) is 22.2. The molecule has 0 spiro atoms. The van der Waals surface area contributed by atoms with Crippen molar-refractivity contribution < 1.29 is 4.74 Å². The van der Waals surface area contributed by atoms with Crippen molar-refractivity contribution >= 4 is 59.7 Å². The Labute approximate surface area is 211 Å². The lowest BCUT2D eigenvalue weighted by atomic mass is 9.54. The van der Waals surface area contributed by atoms with Crippen LogP contribution in [0.1, 0.15) is 63.0 Å². The summed E-state index contributed by atoms with van der Waals surface area (Å²) in [5.41, 5.74) is 4.19. The number of rotatable bonds is 5. The van der Waals surface area contributed by atoms with Crippen LogP contribution in [-0.2, 0) is 6.42 Å². The Hall–Kier alpha value is -0.650. The Morgan fingerprint density at radius 2 is 1.87 bits per heavy atom. The van der Waals surface area contributed by atoms with E-state index in [4.69, 9.17) is 9.73 Å². The maximum absolute atomic E-state index is 5.48. The first-order valence-electron chi connectivity index (χ1n) is 11.2. The fraction of sp³-hybridized carbons (Fsp3) is 0.500. The predicted molar refractivity (Wildman–Crippen MR) is 141 cm³/mol. The molecule has 1 fully saturated rings. The Morgan fingerprint density at radius 1 is 1.13 bits per heavy atom. The lowest BCUT2D eigenvalue weighted by Crippen LogP contribution is -2.43. The van der Waals surface area contributed by atoms with Crippen molar-refractivity contribution in [3.8, 4) is 5.75 Å². The number of nitrogens with zero attached hydrogens (tertiary/aromatic N) is 1. The summed E-state index contributed by atoms with van der Waals surface area (Å²) in [6.45, 7) is 4.77. The van der Waals surface area contributed by atoms with Crippen molar-refractivity contribution in [3.63, 3.8) is 0 Å². The van der Waals surface area contributed by atoms with Gasteiger partial charge in [-0.15, -0.1) is 0 Å². The number of hydrogen-bond donors (Lipinski definition) is 0. The largest absolute Gasteiger partial charge is 0.497 e. The molecule has 2 aromatic rings. The van der Waals surface area contributed by atoms with Gasteiger partial charge < -0.3 is 4.74 Å². The molecule has 0 aliphatic heterocycles. The monoisotopic (exact) mass is 609 g/mol. The summed E-state index contributed by atoms with van der Waals surface area (Å²) >= 11 is 10.8. The summed E-state index contributed by atoms with van der Waals surface area (Å²) < 4.78 is 8.55. The molecule has 0 saturated heterocycles. The van der Waals surface area contributed by atoms with Gasteiger partial charge >= 0.3 is 0 Å². The summed E-state index contributed by atoms with van der Waals surface area (Å²) in [6.07, 6.45) is 9.62. The molecule has 31 heavy (non-hydrogen) atoms. The van der Waals surface area contributed by atoms with E-state index in [2.05, 4.69) is 98.2 Å². The van der Waals surface area contributed by atoms with Gasteiger partial charge in [0.05, 0.1) is 12.8 Å². The van der Waals surface area contributed by atoms with Crippen LogP contribution in [-0.4, -0.2) is 13.3 Å². The number of fused-ring (bicyclic) bond motifs is 3. The minimum atomic E-state index is 0.132. The number of halogens is 3. The van der Waals surface area contributed by atoms with E-state index in [0.29, 0.717) is 11.8 Å². The first-order valence-corrected chi connectivity index (χ1v) is 13.6. The van der Waals surface area contributed by atoms with Crippen LogP contribution in [0.25, 0.3) is 0 Å². The Balaban J connectivity index is 1.63. The summed E-state index contributed by atoms with van der Waals surface area (Å²) in [7, 11) is 1.76. The minimum Gasteiger partial charge on any atom is -0.497 e. The van der Waals surface area contributed by atoms with E-state index in [1.807, 2.05) is 0 Å². The van der Waals surface area contributed by atoms with Gasteiger partial charge in [-0.2, -0.15) is 0 Å². The van der Waals surface area contributed by atoms with Crippen molar-refractivity contribution in [2.24, 2.45) is 22.2 Å². The van der Waals surface area contributed by atoms with Crippen molar-refractivity contribution in [1.82, 2.24) is 0 Å². The highest BCUT2D eigenvalue weighted by molar-refractivity contribution is 9.14. The molecule has 0 radical (unpaired) electrons. The van der Waals surface area contributed by atoms with Gasteiger partial charge in [0, 0.05) is 25.0 Å². The quantitative estimate of drug-likeness (QED) is 0.244. The molecule has 166 valence electrons. The molecule has 0 amide bonds. The van der Waals surface area contributed by atoms with E-state index >= 15 is 0 Å². The molecule has 0 heterocycles. The first-order chi connectivity index (χ1) is 14.9. The third kappa shape index (κ3) is 4.70. The second kappa shape index (κ2) is 9.69. The molecule has 1 saturated carbocycles. The van der Waals surface area contributed by atoms with Crippen LogP contribution in [0.2, 0.25) is 0 Å². The fourth-order valence-electron chi connectivity index (χ4n) is 5.89. The predicted octanol–water partition coefficient (Wildman–Crippen LogP) is 9.25. The van der Waals surface area contributed by atoms with Gasteiger partial charge in [-0.25, -0.2) is 0 Å². The molecule has 2 aromatic carbocycles. The van der Waals surface area contributed by atoms with Crippen LogP contribution in [0, 0.1) is 17.3 Å². The molecule has 0 N–H and O–H groups in total. The maximum atomic E-state index is 5.48. The second-order valence-electron chi connectivity index (χ2n) is 9.30. The number of aryl methyl sites for hydroxylation is 1. The van der Waals surface area contributed by atoms with Crippen molar-refractivity contribution in [2.75, 3.05) is 7.11 Å². The summed E-state index contributed by atoms with van der Waals surface area (Å²) in [5, 5.41) is 0. The topological polar surface area (TPSA) is 21.6 Å². The fourth-order valence-corrected chi connectivity index (χ4v) is 7.28. The van der Waals surface area contributed by atoms with Gasteiger partial charge in [0.25, 0.3) is 0 Å². The van der Waals surface area contributed by atoms with Crippen LogP contribution < -0.4 is 4.74 Å². The highest BCUT2D eigenvalue weighted by Crippen LogP contribution is 2.56. The van der Waals surface area contributed by atoms with Crippen molar-refractivity contribution in [2.45, 2.75) is 58.3 Å². The molecule has 5 heteroatoms. The molecule has 4 atom stereocenters. The summed E-state index contributed by atoms with van der Waals surface area (Å²) in [6, 6.07) is 10.9. The lowest BCUT2D eigenvalue weighted by molar-refractivity contribution is 0.0784. The first kappa shape index (κ1) is 23.5. The van der Waals surface area contributed by atoms with Gasteiger partial charge in [-0.05, 0) is 133 Å². The van der Waals surface area contributed by atoms with Gasteiger partial charge in [-0.1, -0.05) is 26.3 Å². The van der Waals surface area contributed by atoms with E-state index < -0.39 is 0 Å². The van der Waals surface area contributed by atoms with Crippen LogP contribution >= 0.6 is 47.8 Å². The molecule has 0 unspecified atom stereocenters. The Bertz CT molecular complexity index is 966. The number of benzene rings is 2. The van der Waals surface area contributed by atoms with Crippen LogP contribution in [0.4, 0.5) is 5.69 Å². The lowest BCUT2D eigenvalue weighted by Gasteiger charge is -2.50. The molecule has 2 aliphatic carbocycles.